The van der Waals surface area contributed by atoms with Gasteiger partial charge in [-0.2, -0.15) is 0 Å². The lowest BCUT2D eigenvalue weighted by Crippen LogP contribution is -2.11. The second-order valence-corrected chi connectivity index (χ2v) is 7.03. The zero-order valence-corrected chi connectivity index (χ0v) is 16.5. The SMILES string of the molecule is CCC[C@@H](N)c1cc(-c2cccc(COc3ccccc3CC(=O)O)c2)ccn1. The number of hydrogen-bond donors (Lipinski definition) is 2. The van der Waals surface area contributed by atoms with E-state index in [2.05, 4.69) is 18.0 Å². The Morgan fingerprint density at radius 2 is 1.90 bits per heavy atom. The summed E-state index contributed by atoms with van der Waals surface area (Å²) in [5, 5.41) is 9.06. The van der Waals surface area contributed by atoms with Gasteiger partial charge in [-0.3, -0.25) is 9.78 Å². The van der Waals surface area contributed by atoms with Crippen LogP contribution in [0.25, 0.3) is 11.1 Å². The van der Waals surface area contributed by atoms with Gasteiger partial charge in [-0.15, -0.1) is 0 Å². The molecule has 150 valence electrons. The molecular formula is C24H26N2O3. The first-order valence-corrected chi connectivity index (χ1v) is 9.80. The molecule has 1 atom stereocenters. The third-order valence-electron chi connectivity index (χ3n) is 4.73. The quantitative estimate of drug-likeness (QED) is 0.550. The molecule has 3 rings (SSSR count). The van der Waals surface area contributed by atoms with E-state index >= 15 is 0 Å². The minimum Gasteiger partial charge on any atom is -0.489 e. The number of aromatic nitrogens is 1. The standard InChI is InChI=1S/C24H26N2O3/c1-2-6-21(25)22-14-19(11-12-26-22)18-9-5-7-17(13-18)16-29-23-10-4-3-8-20(23)15-24(27)28/h3-5,7-14,21H,2,6,15-16,25H2,1H3,(H,27,28)/t21-/m1/s1. The van der Waals surface area contributed by atoms with Crippen LogP contribution in [0.5, 0.6) is 5.75 Å². The normalized spacial score (nSPS) is 11.8. The van der Waals surface area contributed by atoms with Gasteiger partial charge in [0.05, 0.1) is 12.1 Å². The Balaban J connectivity index is 1.76. The topological polar surface area (TPSA) is 85.4 Å². The first kappa shape index (κ1) is 20.6. The van der Waals surface area contributed by atoms with E-state index in [4.69, 9.17) is 15.6 Å². The average Bonchev–Trinajstić information content (AvgIpc) is 2.73. The first-order chi connectivity index (χ1) is 14.1. The van der Waals surface area contributed by atoms with E-state index < -0.39 is 5.97 Å². The van der Waals surface area contributed by atoms with Crippen LogP contribution in [-0.2, 0) is 17.8 Å². The zero-order chi connectivity index (χ0) is 20.6. The van der Waals surface area contributed by atoms with Crippen LogP contribution in [0.3, 0.4) is 0 Å². The Labute approximate surface area is 171 Å². The lowest BCUT2D eigenvalue weighted by Gasteiger charge is -2.13. The summed E-state index contributed by atoms with van der Waals surface area (Å²) in [5.41, 5.74) is 10.9. The van der Waals surface area contributed by atoms with Crippen LogP contribution in [0, 0.1) is 0 Å². The van der Waals surface area contributed by atoms with Gasteiger partial charge in [-0.25, -0.2) is 0 Å². The highest BCUT2D eigenvalue weighted by Gasteiger charge is 2.10. The Bertz CT molecular complexity index is 972. The number of nitrogens with zero attached hydrogens (tertiary/aromatic N) is 1. The number of hydrogen-bond acceptors (Lipinski definition) is 4. The highest BCUT2D eigenvalue weighted by atomic mass is 16.5. The number of carbonyl (C=O) groups is 1. The molecule has 0 saturated carbocycles. The summed E-state index contributed by atoms with van der Waals surface area (Å²) >= 11 is 0. The summed E-state index contributed by atoms with van der Waals surface area (Å²) in [7, 11) is 0. The van der Waals surface area contributed by atoms with E-state index in [0.29, 0.717) is 17.9 Å². The number of carboxylic acid groups (broad SMARTS) is 1. The van der Waals surface area contributed by atoms with Crippen molar-refractivity contribution >= 4 is 5.97 Å². The van der Waals surface area contributed by atoms with Gasteiger partial charge in [0, 0.05) is 17.8 Å². The third kappa shape index (κ3) is 5.65. The maximum absolute atomic E-state index is 11.0. The van der Waals surface area contributed by atoms with Gasteiger partial charge >= 0.3 is 5.97 Å². The van der Waals surface area contributed by atoms with Crippen LogP contribution in [0.15, 0.2) is 66.9 Å². The zero-order valence-electron chi connectivity index (χ0n) is 16.5. The van der Waals surface area contributed by atoms with Crippen molar-refractivity contribution < 1.29 is 14.6 Å². The fourth-order valence-corrected chi connectivity index (χ4v) is 3.24. The van der Waals surface area contributed by atoms with Crippen molar-refractivity contribution in [1.29, 1.82) is 0 Å². The van der Waals surface area contributed by atoms with Crippen LogP contribution < -0.4 is 10.5 Å². The molecule has 0 fully saturated rings. The van der Waals surface area contributed by atoms with Crippen molar-refractivity contribution in [3.63, 3.8) is 0 Å². The summed E-state index contributed by atoms with van der Waals surface area (Å²) in [5.74, 6) is -0.283. The van der Waals surface area contributed by atoms with E-state index in [1.807, 2.05) is 42.5 Å². The highest BCUT2D eigenvalue weighted by Crippen LogP contribution is 2.25. The summed E-state index contributed by atoms with van der Waals surface area (Å²) < 4.78 is 5.91. The summed E-state index contributed by atoms with van der Waals surface area (Å²) in [6, 6.07) is 19.3. The van der Waals surface area contributed by atoms with E-state index in [0.717, 1.165) is 35.2 Å². The highest BCUT2D eigenvalue weighted by molar-refractivity contribution is 5.71. The molecule has 29 heavy (non-hydrogen) atoms. The molecule has 2 aromatic carbocycles. The third-order valence-corrected chi connectivity index (χ3v) is 4.73. The Kier molecular flexibility index (Phi) is 6.98. The molecule has 5 nitrogen and oxygen atoms in total. The van der Waals surface area contributed by atoms with Crippen LogP contribution in [0.4, 0.5) is 0 Å². The Hall–Kier alpha value is -3.18. The van der Waals surface area contributed by atoms with Gasteiger partial charge < -0.3 is 15.6 Å². The van der Waals surface area contributed by atoms with Crippen molar-refractivity contribution in [2.24, 2.45) is 5.73 Å². The predicted molar refractivity (Wildman–Crippen MR) is 114 cm³/mol. The molecule has 1 heterocycles. The maximum atomic E-state index is 11.0. The average molecular weight is 390 g/mol. The fraction of sp³-hybridized carbons (Fsp3) is 0.250. The van der Waals surface area contributed by atoms with Crippen molar-refractivity contribution in [2.45, 2.75) is 38.8 Å². The van der Waals surface area contributed by atoms with Gasteiger partial charge in [0.1, 0.15) is 12.4 Å². The van der Waals surface area contributed by atoms with Gasteiger partial charge in [-0.05, 0) is 47.4 Å². The van der Waals surface area contributed by atoms with E-state index in [1.165, 1.54) is 0 Å². The summed E-state index contributed by atoms with van der Waals surface area (Å²) in [6.07, 6.45) is 3.66. The van der Waals surface area contributed by atoms with Gasteiger partial charge in [0.2, 0.25) is 0 Å². The lowest BCUT2D eigenvalue weighted by atomic mass is 10.0. The second kappa shape index (κ2) is 9.85. The summed E-state index contributed by atoms with van der Waals surface area (Å²) in [6.45, 7) is 2.47. The molecule has 5 heteroatoms. The van der Waals surface area contributed by atoms with Gasteiger partial charge in [0.15, 0.2) is 0 Å². The number of benzene rings is 2. The predicted octanol–water partition coefficient (Wildman–Crippen LogP) is 4.75. The van der Waals surface area contributed by atoms with Gasteiger partial charge in [-0.1, -0.05) is 49.7 Å². The monoisotopic (exact) mass is 390 g/mol. The number of nitrogens with two attached hydrogens (primary N) is 1. The minimum absolute atomic E-state index is 0.0581. The van der Waals surface area contributed by atoms with Crippen LogP contribution in [0.1, 0.15) is 42.6 Å². The molecule has 0 aliphatic heterocycles. The van der Waals surface area contributed by atoms with Crippen molar-refractivity contribution in [3.8, 4) is 16.9 Å². The molecule has 1 aromatic heterocycles. The maximum Gasteiger partial charge on any atom is 0.307 e. The number of rotatable bonds is 9. The molecule has 0 saturated heterocycles. The largest absolute Gasteiger partial charge is 0.489 e. The molecule has 3 aromatic rings. The number of aliphatic carboxylic acids is 1. The Morgan fingerprint density at radius 1 is 1.10 bits per heavy atom. The Morgan fingerprint density at radius 3 is 2.69 bits per heavy atom. The summed E-state index contributed by atoms with van der Waals surface area (Å²) in [4.78, 5) is 15.5. The molecule has 3 N–H and O–H groups in total. The second-order valence-electron chi connectivity index (χ2n) is 7.03. The number of para-hydroxylation sites is 1. The lowest BCUT2D eigenvalue weighted by molar-refractivity contribution is -0.136. The number of carboxylic acids is 1. The number of ether oxygens (including phenoxy) is 1. The van der Waals surface area contributed by atoms with E-state index in [9.17, 15) is 4.79 Å². The van der Waals surface area contributed by atoms with Crippen molar-refractivity contribution in [3.05, 3.63) is 83.7 Å². The van der Waals surface area contributed by atoms with Crippen LogP contribution in [-0.4, -0.2) is 16.1 Å². The van der Waals surface area contributed by atoms with Crippen LogP contribution in [0.2, 0.25) is 0 Å². The molecule has 0 aliphatic rings. The smallest absolute Gasteiger partial charge is 0.307 e. The first-order valence-electron chi connectivity index (χ1n) is 9.80. The van der Waals surface area contributed by atoms with Gasteiger partial charge in [0.25, 0.3) is 0 Å². The molecule has 0 spiro atoms. The minimum atomic E-state index is -0.877. The molecule has 0 radical (unpaired) electrons. The van der Waals surface area contributed by atoms with E-state index in [1.54, 1.807) is 18.3 Å². The number of pyridine rings is 1. The molecule has 0 amide bonds. The van der Waals surface area contributed by atoms with Crippen molar-refractivity contribution in [2.75, 3.05) is 0 Å². The van der Waals surface area contributed by atoms with E-state index in [-0.39, 0.29) is 12.5 Å². The van der Waals surface area contributed by atoms with Crippen molar-refractivity contribution in [1.82, 2.24) is 4.98 Å². The molecule has 0 bridgehead atoms. The molecule has 0 unspecified atom stereocenters. The molecule has 0 aliphatic carbocycles. The molecular weight excluding hydrogens is 364 g/mol. The van der Waals surface area contributed by atoms with Crippen LogP contribution >= 0.6 is 0 Å². The fourth-order valence-electron chi connectivity index (χ4n) is 3.24.